The molecule has 188 valence electrons. The normalized spacial score (nSPS) is 11.6. The molecule has 0 aliphatic carbocycles. The number of amides is 1. The lowest BCUT2D eigenvalue weighted by molar-refractivity contribution is 0.0953. The van der Waals surface area contributed by atoms with Gasteiger partial charge in [0.05, 0.1) is 0 Å². The van der Waals surface area contributed by atoms with E-state index < -0.39 is 0 Å². The Morgan fingerprint density at radius 1 is 0.971 bits per heavy atom. The van der Waals surface area contributed by atoms with E-state index in [1.165, 1.54) is 5.56 Å². The van der Waals surface area contributed by atoms with Crippen LogP contribution in [0.3, 0.4) is 0 Å². The minimum absolute atomic E-state index is 0. The van der Waals surface area contributed by atoms with Gasteiger partial charge in [-0.05, 0) is 81.0 Å². The van der Waals surface area contributed by atoms with Gasteiger partial charge in [-0.3, -0.25) is 4.79 Å². The Kier molecular flexibility index (Phi) is 12.4. The maximum atomic E-state index is 12.3. The summed E-state index contributed by atoms with van der Waals surface area (Å²) in [6.45, 7) is 17.9. The second-order valence-electron chi connectivity index (χ2n) is 8.66. The number of hydrogen-bond donors (Lipinski definition) is 2. The van der Waals surface area contributed by atoms with Crippen LogP contribution >= 0.6 is 0 Å². The van der Waals surface area contributed by atoms with Gasteiger partial charge < -0.3 is 15.5 Å². The highest BCUT2D eigenvalue weighted by Crippen LogP contribution is 2.21. The van der Waals surface area contributed by atoms with Gasteiger partial charge in [0.15, 0.2) is 0 Å². The number of carbonyl (C=O) groups is 1. The molecule has 4 nitrogen and oxygen atoms in total. The minimum atomic E-state index is -0.0246. The van der Waals surface area contributed by atoms with Crippen molar-refractivity contribution in [1.82, 2.24) is 15.5 Å². The van der Waals surface area contributed by atoms with Gasteiger partial charge in [-0.25, -0.2) is 0 Å². The molecule has 0 saturated carbocycles. The molecule has 0 aromatic heterocycles. The smallest absolute Gasteiger partial charge is 0.251 e. The molecule has 2 aromatic rings. The molecule has 0 atom stereocenters. The summed E-state index contributed by atoms with van der Waals surface area (Å²) in [5.74, 6) is 0.958. The van der Waals surface area contributed by atoms with Crippen molar-refractivity contribution in [1.29, 1.82) is 0 Å². The summed E-state index contributed by atoms with van der Waals surface area (Å²) in [5.41, 5.74) is 7.38. The molecular weight excluding hydrogens is 430 g/mol. The fourth-order valence-corrected chi connectivity index (χ4v) is 3.51. The first-order valence-corrected chi connectivity index (χ1v) is 11.8. The summed E-state index contributed by atoms with van der Waals surface area (Å²) in [5, 5.41) is 6.58. The van der Waals surface area contributed by atoms with Gasteiger partial charge in [-0.1, -0.05) is 68.6 Å². The Morgan fingerprint density at radius 2 is 1.57 bits per heavy atom. The summed E-state index contributed by atoms with van der Waals surface area (Å²) >= 11 is 0. The molecule has 0 bridgehead atoms. The fourth-order valence-electron chi connectivity index (χ4n) is 3.51. The van der Waals surface area contributed by atoms with Crippen molar-refractivity contribution in [2.45, 2.75) is 48.0 Å². The summed E-state index contributed by atoms with van der Waals surface area (Å²) in [6.07, 6.45) is 5.79. The molecule has 0 radical (unpaired) electrons. The third-order valence-electron chi connectivity index (χ3n) is 6.05. The topological polar surface area (TPSA) is 44.4 Å². The lowest BCUT2D eigenvalue weighted by Crippen LogP contribution is -2.29. The van der Waals surface area contributed by atoms with Crippen LogP contribution in [0.4, 0.5) is 0 Å². The van der Waals surface area contributed by atoms with Crippen LogP contribution in [0.1, 0.15) is 61.2 Å². The van der Waals surface area contributed by atoms with E-state index >= 15 is 0 Å². The number of rotatable bonds is 12. The average molecular weight is 474 g/mol. The zero-order valence-electron chi connectivity index (χ0n) is 21.4. The van der Waals surface area contributed by atoms with Crippen LogP contribution in [0, 0.1) is 13.8 Å². The van der Waals surface area contributed by atoms with E-state index in [9.17, 15) is 4.79 Å². The Bertz CT molecular complexity index is 1060. The highest BCUT2D eigenvalue weighted by atomic mass is 16.1. The van der Waals surface area contributed by atoms with Crippen LogP contribution in [0.5, 0.6) is 0 Å². The number of aryl methyl sites for hydroxylation is 2. The molecule has 0 saturated heterocycles. The summed E-state index contributed by atoms with van der Waals surface area (Å²) in [4.78, 5) is 14.4. The maximum absolute atomic E-state index is 12.3. The first kappa shape index (κ1) is 29.5. The quantitative estimate of drug-likeness (QED) is 0.257. The molecule has 1 amide bonds. The Hall–Kier alpha value is -3.53. The molecule has 0 aliphatic rings. The lowest BCUT2D eigenvalue weighted by Gasteiger charge is -2.26. The summed E-state index contributed by atoms with van der Waals surface area (Å²) in [7, 11) is 2.05. The SMILES string of the molecule is C.C=C/C(C)=C(/C)N(C)/C(=C\C(=C)c1ccccc1C)NCCCCNC(=O)c1ccc(C)cc1. The lowest BCUT2D eigenvalue weighted by atomic mass is 10.0. The van der Waals surface area contributed by atoms with Crippen LogP contribution in [-0.2, 0) is 0 Å². The van der Waals surface area contributed by atoms with E-state index in [2.05, 4.69) is 67.7 Å². The highest BCUT2D eigenvalue weighted by molar-refractivity contribution is 5.94. The highest BCUT2D eigenvalue weighted by Gasteiger charge is 2.10. The number of unbranched alkanes of at least 4 members (excludes halogenated alkanes) is 1. The van der Waals surface area contributed by atoms with E-state index in [-0.39, 0.29) is 13.3 Å². The molecule has 35 heavy (non-hydrogen) atoms. The van der Waals surface area contributed by atoms with Gasteiger partial charge >= 0.3 is 0 Å². The maximum Gasteiger partial charge on any atom is 0.251 e. The Morgan fingerprint density at radius 3 is 2.17 bits per heavy atom. The van der Waals surface area contributed by atoms with E-state index in [0.29, 0.717) is 12.1 Å². The van der Waals surface area contributed by atoms with Crippen molar-refractivity contribution in [3.8, 4) is 0 Å². The second-order valence-corrected chi connectivity index (χ2v) is 8.66. The van der Waals surface area contributed by atoms with E-state index in [1.807, 2.05) is 56.4 Å². The first-order valence-electron chi connectivity index (χ1n) is 11.8. The monoisotopic (exact) mass is 473 g/mol. The van der Waals surface area contributed by atoms with Crippen molar-refractivity contribution in [3.05, 3.63) is 113 Å². The number of nitrogens with one attached hydrogen (secondary N) is 2. The second kappa shape index (κ2) is 14.7. The number of nitrogens with zero attached hydrogens (tertiary/aromatic N) is 1. The number of carbonyl (C=O) groups excluding carboxylic acids is 1. The Balaban J connectivity index is 0.00000612. The molecule has 2 N–H and O–H groups in total. The van der Waals surface area contributed by atoms with Crippen molar-refractivity contribution in [2.75, 3.05) is 20.1 Å². The molecule has 2 rings (SSSR count). The minimum Gasteiger partial charge on any atom is -0.371 e. The largest absolute Gasteiger partial charge is 0.371 e. The zero-order valence-corrected chi connectivity index (χ0v) is 21.4. The number of allylic oxidation sites excluding steroid dienone is 5. The van der Waals surface area contributed by atoms with Crippen LogP contribution < -0.4 is 10.6 Å². The summed E-state index contributed by atoms with van der Waals surface area (Å²) < 4.78 is 0. The van der Waals surface area contributed by atoms with Crippen LogP contribution in [0.15, 0.2) is 90.9 Å². The van der Waals surface area contributed by atoms with E-state index in [1.54, 1.807) is 0 Å². The van der Waals surface area contributed by atoms with Gasteiger partial charge in [0.1, 0.15) is 5.82 Å². The number of hydrogen-bond acceptors (Lipinski definition) is 3. The van der Waals surface area contributed by atoms with Crippen molar-refractivity contribution < 1.29 is 4.79 Å². The van der Waals surface area contributed by atoms with Crippen molar-refractivity contribution in [3.63, 3.8) is 0 Å². The molecule has 4 heteroatoms. The van der Waals surface area contributed by atoms with Gasteiger partial charge in [0.25, 0.3) is 5.91 Å². The predicted molar refractivity (Wildman–Crippen MR) is 152 cm³/mol. The van der Waals surface area contributed by atoms with Crippen LogP contribution in [0.2, 0.25) is 0 Å². The molecule has 0 fully saturated rings. The van der Waals surface area contributed by atoms with Crippen LogP contribution in [0.25, 0.3) is 5.57 Å². The predicted octanol–water partition coefficient (Wildman–Crippen LogP) is 7.01. The standard InChI is InChI=1S/C30H39N3O.CH4/c1-8-23(3)26(6)33(7)29(21-25(5)28-14-10-9-13-24(28)4)31-19-11-12-20-32-30(34)27-17-15-22(2)16-18-27;/h8-10,13-18,21,31H,1,5,11-12,19-20H2,2-4,6-7H3,(H,32,34);1H4/b26-23-,29-21-;. The van der Waals surface area contributed by atoms with Gasteiger partial charge in [0, 0.05) is 31.4 Å². The molecule has 0 spiro atoms. The average Bonchev–Trinajstić information content (AvgIpc) is 2.84. The van der Waals surface area contributed by atoms with Gasteiger partial charge in [0.2, 0.25) is 0 Å². The summed E-state index contributed by atoms with van der Waals surface area (Å²) in [6, 6.07) is 15.9. The van der Waals surface area contributed by atoms with Gasteiger partial charge in [-0.2, -0.15) is 0 Å². The fraction of sp³-hybridized carbons (Fsp3) is 0.323. The molecule has 0 aliphatic heterocycles. The van der Waals surface area contributed by atoms with Crippen molar-refractivity contribution in [2.24, 2.45) is 0 Å². The third-order valence-corrected chi connectivity index (χ3v) is 6.05. The molecular formula is C31H43N3O. The van der Waals surface area contributed by atoms with Gasteiger partial charge in [-0.15, -0.1) is 0 Å². The van der Waals surface area contributed by atoms with Crippen molar-refractivity contribution >= 4 is 11.5 Å². The third kappa shape index (κ3) is 8.97. The molecule has 2 aromatic carbocycles. The van der Waals surface area contributed by atoms with E-state index in [0.717, 1.165) is 53.2 Å². The Labute approximate surface area is 213 Å². The molecule has 0 unspecified atom stereocenters. The van der Waals surface area contributed by atoms with E-state index in [4.69, 9.17) is 0 Å². The number of benzene rings is 2. The first-order chi connectivity index (χ1) is 16.2. The zero-order chi connectivity index (χ0) is 25.1. The molecule has 0 heterocycles. The van der Waals surface area contributed by atoms with Crippen LogP contribution in [-0.4, -0.2) is 30.9 Å².